The van der Waals surface area contributed by atoms with Crippen LogP contribution in [0.2, 0.25) is 0 Å². The molecule has 0 fully saturated rings. The van der Waals surface area contributed by atoms with Gasteiger partial charge in [0, 0.05) is 11.1 Å². The monoisotopic (exact) mass is 609 g/mol. The SMILES string of the molecule is O=S1(=O)c2ccc(-c3cccc(-c4ccc5c6ccccc6c6ccccc6c5c4)c3)cc2-c2ccccc2N1c1ccccc1. The van der Waals surface area contributed by atoms with Crippen molar-refractivity contribution in [2.75, 3.05) is 4.31 Å². The van der Waals surface area contributed by atoms with Crippen molar-refractivity contribution >= 4 is 53.7 Å². The summed E-state index contributed by atoms with van der Waals surface area (Å²) in [6.45, 7) is 0. The minimum Gasteiger partial charge on any atom is -0.234 e. The molecule has 0 spiro atoms. The van der Waals surface area contributed by atoms with E-state index in [4.69, 9.17) is 0 Å². The van der Waals surface area contributed by atoms with Gasteiger partial charge in [-0.3, -0.25) is 0 Å². The number of benzene rings is 8. The van der Waals surface area contributed by atoms with Gasteiger partial charge in [0.1, 0.15) is 0 Å². The van der Waals surface area contributed by atoms with E-state index < -0.39 is 10.0 Å². The number of nitrogens with zero attached hydrogens (tertiary/aromatic N) is 1. The molecule has 8 aromatic carbocycles. The van der Waals surface area contributed by atoms with Gasteiger partial charge < -0.3 is 0 Å². The van der Waals surface area contributed by atoms with Gasteiger partial charge in [0.05, 0.1) is 16.3 Å². The summed E-state index contributed by atoms with van der Waals surface area (Å²) in [5.74, 6) is 0. The first kappa shape index (κ1) is 26.7. The van der Waals surface area contributed by atoms with E-state index in [2.05, 4.69) is 91.0 Å². The van der Waals surface area contributed by atoms with Crippen LogP contribution in [0.25, 0.3) is 65.7 Å². The maximum absolute atomic E-state index is 14.1. The van der Waals surface area contributed by atoms with E-state index >= 15 is 0 Å². The minimum atomic E-state index is -3.82. The van der Waals surface area contributed by atoms with E-state index in [1.54, 1.807) is 6.07 Å². The van der Waals surface area contributed by atoms with Gasteiger partial charge in [-0.15, -0.1) is 0 Å². The van der Waals surface area contributed by atoms with Crippen molar-refractivity contribution in [3.05, 3.63) is 164 Å². The van der Waals surface area contributed by atoms with Crippen LogP contribution >= 0.6 is 0 Å². The average Bonchev–Trinajstić information content (AvgIpc) is 3.12. The van der Waals surface area contributed by atoms with Crippen molar-refractivity contribution in [3.63, 3.8) is 0 Å². The molecule has 1 aliphatic heterocycles. The number of sulfonamides is 1. The number of para-hydroxylation sites is 2. The lowest BCUT2D eigenvalue weighted by atomic mass is 9.91. The van der Waals surface area contributed by atoms with Crippen LogP contribution in [0, 0.1) is 0 Å². The molecular formula is C42H27NO2S. The summed E-state index contributed by atoms with van der Waals surface area (Å²) in [4.78, 5) is 0.309. The van der Waals surface area contributed by atoms with Crippen LogP contribution in [0.5, 0.6) is 0 Å². The van der Waals surface area contributed by atoms with E-state index in [9.17, 15) is 8.42 Å². The summed E-state index contributed by atoms with van der Waals surface area (Å²) in [5.41, 5.74) is 7.13. The zero-order valence-electron chi connectivity index (χ0n) is 24.8. The molecule has 0 saturated carbocycles. The predicted molar refractivity (Wildman–Crippen MR) is 191 cm³/mol. The van der Waals surface area contributed by atoms with Gasteiger partial charge in [0.2, 0.25) is 0 Å². The molecule has 0 aromatic heterocycles. The Kier molecular flexibility index (Phi) is 5.89. The van der Waals surface area contributed by atoms with Crippen LogP contribution in [0.4, 0.5) is 11.4 Å². The Morgan fingerprint density at radius 3 is 1.59 bits per heavy atom. The molecule has 0 aliphatic carbocycles. The van der Waals surface area contributed by atoms with E-state index in [1.165, 1.54) is 36.6 Å². The summed E-state index contributed by atoms with van der Waals surface area (Å²) in [6.07, 6.45) is 0. The zero-order valence-corrected chi connectivity index (χ0v) is 25.6. The Hall–Kier alpha value is -5.71. The van der Waals surface area contributed by atoms with E-state index in [-0.39, 0.29) is 0 Å². The molecule has 4 heteroatoms. The standard InChI is InChI=1S/C42H27NO2S/c44-46(45)42-24-22-31(27-40(42)38-19-8-9-20-41(38)43(46)32-13-2-1-3-14-32)29-12-10-11-28(25-29)30-21-23-37-35-17-5-4-15-33(35)34-16-6-7-18-36(34)39(37)26-30/h1-27H. The highest BCUT2D eigenvalue weighted by atomic mass is 32.2. The van der Waals surface area contributed by atoms with Gasteiger partial charge in [-0.05, 0) is 97.0 Å². The van der Waals surface area contributed by atoms with Gasteiger partial charge in [0.15, 0.2) is 0 Å². The zero-order chi connectivity index (χ0) is 30.8. The molecule has 3 nitrogen and oxygen atoms in total. The van der Waals surface area contributed by atoms with Crippen LogP contribution < -0.4 is 4.31 Å². The maximum atomic E-state index is 14.1. The smallest absolute Gasteiger partial charge is 0.234 e. The quantitative estimate of drug-likeness (QED) is 0.187. The molecule has 0 N–H and O–H groups in total. The summed E-state index contributed by atoms with van der Waals surface area (Å²) in [5, 5.41) is 7.50. The Balaban J connectivity index is 1.18. The predicted octanol–water partition coefficient (Wildman–Crippen LogP) is 11.0. The Labute approximate surface area is 267 Å². The molecule has 46 heavy (non-hydrogen) atoms. The first-order valence-corrected chi connectivity index (χ1v) is 16.8. The van der Waals surface area contributed by atoms with Crippen molar-refractivity contribution in [1.82, 2.24) is 0 Å². The number of hydrogen-bond acceptors (Lipinski definition) is 2. The van der Waals surface area contributed by atoms with Crippen molar-refractivity contribution in [2.45, 2.75) is 4.90 Å². The van der Waals surface area contributed by atoms with Crippen molar-refractivity contribution in [1.29, 1.82) is 0 Å². The molecule has 0 amide bonds. The van der Waals surface area contributed by atoms with Gasteiger partial charge in [-0.25, -0.2) is 12.7 Å². The lowest BCUT2D eigenvalue weighted by molar-refractivity contribution is 0.596. The normalized spacial score (nSPS) is 13.5. The van der Waals surface area contributed by atoms with Gasteiger partial charge in [-0.2, -0.15) is 0 Å². The summed E-state index contributed by atoms with van der Waals surface area (Å²) >= 11 is 0. The van der Waals surface area contributed by atoms with Crippen LogP contribution in [0.15, 0.2) is 169 Å². The molecule has 0 saturated heterocycles. The fourth-order valence-corrected chi connectivity index (χ4v) is 8.76. The fourth-order valence-electron chi connectivity index (χ4n) is 7.06. The molecular weight excluding hydrogens is 583 g/mol. The summed E-state index contributed by atoms with van der Waals surface area (Å²) in [6, 6.07) is 55.2. The second kappa shape index (κ2) is 10.2. The number of fused-ring (bicyclic) bond motifs is 9. The molecule has 0 unspecified atom stereocenters. The highest BCUT2D eigenvalue weighted by Gasteiger charge is 2.36. The molecule has 218 valence electrons. The Morgan fingerprint density at radius 1 is 0.370 bits per heavy atom. The lowest BCUT2D eigenvalue weighted by Gasteiger charge is -2.32. The molecule has 1 aliphatic rings. The van der Waals surface area contributed by atoms with E-state index in [1.807, 2.05) is 66.7 Å². The van der Waals surface area contributed by atoms with Gasteiger partial charge in [0.25, 0.3) is 10.0 Å². The third kappa shape index (κ3) is 4.01. The minimum absolute atomic E-state index is 0.309. The third-order valence-corrected chi connectivity index (χ3v) is 11.0. The van der Waals surface area contributed by atoms with Crippen molar-refractivity contribution < 1.29 is 8.42 Å². The first-order chi connectivity index (χ1) is 22.6. The second-order valence-electron chi connectivity index (χ2n) is 11.8. The van der Waals surface area contributed by atoms with Crippen LogP contribution in [-0.2, 0) is 10.0 Å². The number of hydrogen-bond donors (Lipinski definition) is 0. The molecule has 0 radical (unpaired) electrons. The molecule has 8 aromatic rings. The lowest BCUT2D eigenvalue weighted by Crippen LogP contribution is -2.30. The van der Waals surface area contributed by atoms with Crippen molar-refractivity contribution in [2.24, 2.45) is 0 Å². The van der Waals surface area contributed by atoms with Crippen LogP contribution in [0.3, 0.4) is 0 Å². The van der Waals surface area contributed by atoms with Crippen LogP contribution in [-0.4, -0.2) is 8.42 Å². The van der Waals surface area contributed by atoms with E-state index in [0.29, 0.717) is 16.3 Å². The topological polar surface area (TPSA) is 37.4 Å². The number of anilines is 2. The highest BCUT2D eigenvalue weighted by Crippen LogP contribution is 2.47. The van der Waals surface area contributed by atoms with Gasteiger partial charge >= 0.3 is 0 Å². The molecule has 0 atom stereocenters. The molecule has 9 rings (SSSR count). The maximum Gasteiger partial charge on any atom is 0.269 e. The van der Waals surface area contributed by atoms with E-state index in [0.717, 1.165) is 33.4 Å². The average molecular weight is 610 g/mol. The summed E-state index contributed by atoms with van der Waals surface area (Å²) in [7, 11) is -3.82. The Bertz CT molecular complexity index is 2570. The fraction of sp³-hybridized carbons (Fsp3) is 0. The second-order valence-corrected chi connectivity index (χ2v) is 13.5. The summed E-state index contributed by atoms with van der Waals surface area (Å²) < 4.78 is 29.6. The largest absolute Gasteiger partial charge is 0.269 e. The Morgan fingerprint density at radius 2 is 0.891 bits per heavy atom. The first-order valence-electron chi connectivity index (χ1n) is 15.4. The number of rotatable bonds is 3. The highest BCUT2D eigenvalue weighted by molar-refractivity contribution is 7.93. The van der Waals surface area contributed by atoms with Crippen molar-refractivity contribution in [3.8, 4) is 33.4 Å². The van der Waals surface area contributed by atoms with Crippen LogP contribution in [0.1, 0.15) is 0 Å². The third-order valence-electron chi connectivity index (χ3n) is 9.18. The molecule has 1 heterocycles. The van der Waals surface area contributed by atoms with Gasteiger partial charge in [-0.1, -0.05) is 121 Å². The molecule has 0 bridgehead atoms.